The molecule has 0 aromatic carbocycles. The Morgan fingerprint density at radius 1 is 1.64 bits per heavy atom. The maximum absolute atomic E-state index is 11.7. The molecule has 2 atom stereocenters. The van der Waals surface area contributed by atoms with Crippen molar-refractivity contribution in [3.05, 3.63) is 0 Å². The smallest absolute Gasteiger partial charge is 0.240 e. The van der Waals surface area contributed by atoms with E-state index in [2.05, 4.69) is 5.32 Å². The molecule has 2 unspecified atom stereocenters. The van der Waals surface area contributed by atoms with E-state index in [4.69, 9.17) is 5.73 Å². The van der Waals surface area contributed by atoms with E-state index >= 15 is 0 Å². The summed E-state index contributed by atoms with van der Waals surface area (Å²) in [6.07, 6.45) is 3.68. The minimum absolute atomic E-state index is 0.0408. The molecule has 4 heteroatoms. The molecule has 84 valence electrons. The normalized spacial score (nSPS) is 17.2. The number of carbonyl (C=O) groups excluding carboxylic acids is 1. The van der Waals surface area contributed by atoms with Crippen LogP contribution in [0.1, 0.15) is 33.6 Å². The number of amides is 1. The summed E-state index contributed by atoms with van der Waals surface area (Å²) < 4.78 is 0. The van der Waals surface area contributed by atoms with Gasteiger partial charge in [-0.05, 0) is 26.5 Å². The molecule has 0 aromatic heterocycles. The largest absolute Gasteiger partial charge is 0.351 e. The van der Waals surface area contributed by atoms with Gasteiger partial charge in [-0.15, -0.1) is 0 Å². The third-order valence-corrected chi connectivity index (χ3v) is 2.92. The molecule has 0 fully saturated rings. The number of carbonyl (C=O) groups is 1. The van der Waals surface area contributed by atoms with Gasteiger partial charge < -0.3 is 11.1 Å². The van der Waals surface area contributed by atoms with Gasteiger partial charge in [0.15, 0.2) is 0 Å². The lowest BCUT2D eigenvalue weighted by atomic mass is 9.96. The lowest BCUT2D eigenvalue weighted by Crippen LogP contribution is -2.54. The van der Waals surface area contributed by atoms with Crippen molar-refractivity contribution < 1.29 is 4.79 Å². The number of rotatable bonds is 6. The van der Waals surface area contributed by atoms with E-state index in [0.29, 0.717) is 0 Å². The number of thioether (sulfide) groups is 1. The molecular formula is C10H22N2OS. The third-order valence-electron chi connectivity index (χ3n) is 2.08. The van der Waals surface area contributed by atoms with Crippen molar-refractivity contribution in [3.63, 3.8) is 0 Å². The van der Waals surface area contributed by atoms with E-state index in [1.54, 1.807) is 18.7 Å². The zero-order chi connectivity index (χ0) is 11.2. The number of nitrogens with two attached hydrogens (primary N) is 1. The first kappa shape index (κ1) is 13.8. The predicted molar refractivity (Wildman–Crippen MR) is 63.5 cm³/mol. The van der Waals surface area contributed by atoms with Crippen molar-refractivity contribution in [1.82, 2.24) is 5.32 Å². The van der Waals surface area contributed by atoms with Crippen molar-refractivity contribution >= 4 is 17.7 Å². The number of nitrogens with one attached hydrogen (secondary N) is 1. The van der Waals surface area contributed by atoms with Crippen LogP contribution in [0.3, 0.4) is 0 Å². The number of hydrogen-bond donors (Lipinski definition) is 2. The first-order valence-electron chi connectivity index (χ1n) is 5.02. The van der Waals surface area contributed by atoms with Gasteiger partial charge in [0, 0.05) is 11.8 Å². The average molecular weight is 218 g/mol. The summed E-state index contributed by atoms with van der Waals surface area (Å²) in [6, 6.07) is 0.192. The minimum atomic E-state index is -0.721. The Labute approximate surface area is 91.2 Å². The van der Waals surface area contributed by atoms with E-state index in [-0.39, 0.29) is 11.9 Å². The monoisotopic (exact) mass is 218 g/mol. The lowest BCUT2D eigenvalue weighted by Gasteiger charge is -2.25. The highest BCUT2D eigenvalue weighted by molar-refractivity contribution is 7.98. The standard InChI is InChI=1S/C10H22N2OS/c1-5-6-10(3,11)9(13)12-8(2)7-14-4/h8H,5-7,11H2,1-4H3,(H,12,13). The van der Waals surface area contributed by atoms with Gasteiger partial charge in [-0.25, -0.2) is 0 Å². The van der Waals surface area contributed by atoms with Gasteiger partial charge in [0.25, 0.3) is 0 Å². The maximum Gasteiger partial charge on any atom is 0.240 e. The Hall–Kier alpha value is -0.220. The van der Waals surface area contributed by atoms with Crippen LogP contribution in [0.4, 0.5) is 0 Å². The quantitative estimate of drug-likeness (QED) is 0.708. The molecule has 0 rings (SSSR count). The van der Waals surface area contributed by atoms with Crippen LogP contribution in [-0.4, -0.2) is 29.5 Å². The molecule has 0 aliphatic carbocycles. The van der Waals surface area contributed by atoms with E-state index in [9.17, 15) is 4.79 Å². The maximum atomic E-state index is 11.7. The molecule has 0 saturated carbocycles. The topological polar surface area (TPSA) is 55.1 Å². The van der Waals surface area contributed by atoms with Crippen LogP contribution in [0.25, 0.3) is 0 Å². The summed E-state index contributed by atoms with van der Waals surface area (Å²) in [6.45, 7) is 5.82. The molecule has 0 aromatic rings. The Morgan fingerprint density at radius 2 is 2.21 bits per heavy atom. The van der Waals surface area contributed by atoms with Crippen molar-refractivity contribution in [3.8, 4) is 0 Å². The fourth-order valence-electron chi connectivity index (χ4n) is 1.31. The second-order valence-corrected chi connectivity index (χ2v) is 4.91. The Balaban J connectivity index is 4.05. The van der Waals surface area contributed by atoms with Gasteiger partial charge >= 0.3 is 0 Å². The van der Waals surface area contributed by atoms with Crippen LogP contribution in [0, 0.1) is 0 Å². The first-order chi connectivity index (χ1) is 6.44. The highest BCUT2D eigenvalue weighted by Gasteiger charge is 2.27. The summed E-state index contributed by atoms with van der Waals surface area (Å²) in [7, 11) is 0. The highest BCUT2D eigenvalue weighted by atomic mass is 32.2. The Bertz CT molecular complexity index is 183. The van der Waals surface area contributed by atoms with E-state index in [1.807, 2.05) is 20.1 Å². The van der Waals surface area contributed by atoms with Crippen LogP contribution >= 0.6 is 11.8 Å². The van der Waals surface area contributed by atoms with E-state index in [0.717, 1.165) is 18.6 Å². The van der Waals surface area contributed by atoms with Crippen molar-refractivity contribution in [2.24, 2.45) is 5.73 Å². The molecule has 0 bridgehead atoms. The van der Waals surface area contributed by atoms with Gasteiger partial charge in [0.05, 0.1) is 5.54 Å². The second-order valence-electron chi connectivity index (χ2n) is 4.00. The minimum Gasteiger partial charge on any atom is -0.351 e. The molecule has 1 amide bonds. The molecule has 0 aliphatic rings. The van der Waals surface area contributed by atoms with Gasteiger partial charge in [-0.3, -0.25) is 4.79 Å². The van der Waals surface area contributed by atoms with E-state index < -0.39 is 5.54 Å². The predicted octanol–water partition coefficient (Wildman–Crippen LogP) is 1.37. The molecule has 3 N–H and O–H groups in total. The van der Waals surface area contributed by atoms with Gasteiger partial charge in [0.1, 0.15) is 0 Å². The molecule has 0 radical (unpaired) electrons. The van der Waals surface area contributed by atoms with Gasteiger partial charge in [-0.2, -0.15) is 11.8 Å². The summed E-state index contributed by atoms with van der Waals surface area (Å²) in [4.78, 5) is 11.7. The molecule has 14 heavy (non-hydrogen) atoms. The summed E-state index contributed by atoms with van der Waals surface area (Å²) in [5, 5.41) is 2.92. The Morgan fingerprint density at radius 3 is 2.64 bits per heavy atom. The first-order valence-corrected chi connectivity index (χ1v) is 6.42. The highest BCUT2D eigenvalue weighted by Crippen LogP contribution is 2.09. The van der Waals surface area contributed by atoms with Crippen molar-refractivity contribution in [2.45, 2.75) is 45.2 Å². The third kappa shape index (κ3) is 4.86. The zero-order valence-corrected chi connectivity index (χ0v) is 10.4. The van der Waals surface area contributed by atoms with Crippen LogP contribution in [0.5, 0.6) is 0 Å². The fourth-order valence-corrected chi connectivity index (χ4v) is 1.90. The molecule has 0 saturated heterocycles. The summed E-state index contributed by atoms with van der Waals surface area (Å²) in [5.41, 5.74) is 5.18. The Kier molecular flexibility index (Phi) is 6.20. The van der Waals surface area contributed by atoms with Crippen LogP contribution in [-0.2, 0) is 4.79 Å². The fraction of sp³-hybridized carbons (Fsp3) is 0.900. The van der Waals surface area contributed by atoms with Crippen molar-refractivity contribution in [2.75, 3.05) is 12.0 Å². The molecule has 0 spiro atoms. The molecule has 3 nitrogen and oxygen atoms in total. The van der Waals surface area contributed by atoms with Gasteiger partial charge in [-0.1, -0.05) is 13.3 Å². The SMILES string of the molecule is CCCC(C)(N)C(=O)NC(C)CSC. The molecule has 0 aliphatic heterocycles. The van der Waals surface area contributed by atoms with Crippen LogP contribution < -0.4 is 11.1 Å². The second kappa shape index (κ2) is 6.30. The van der Waals surface area contributed by atoms with Crippen LogP contribution in [0.2, 0.25) is 0 Å². The van der Waals surface area contributed by atoms with Gasteiger partial charge in [0.2, 0.25) is 5.91 Å². The van der Waals surface area contributed by atoms with Crippen LogP contribution in [0.15, 0.2) is 0 Å². The molecule has 0 heterocycles. The number of hydrogen-bond acceptors (Lipinski definition) is 3. The summed E-state index contributed by atoms with van der Waals surface area (Å²) >= 11 is 1.72. The average Bonchev–Trinajstić information content (AvgIpc) is 2.04. The molecular weight excluding hydrogens is 196 g/mol. The lowest BCUT2D eigenvalue weighted by molar-refractivity contribution is -0.126. The van der Waals surface area contributed by atoms with E-state index in [1.165, 1.54) is 0 Å². The summed E-state index contributed by atoms with van der Waals surface area (Å²) in [5.74, 6) is 0.884. The van der Waals surface area contributed by atoms with Crippen molar-refractivity contribution in [1.29, 1.82) is 0 Å². The zero-order valence-electron chi connectivity index (χ0n) is 9.59.